The summed E-state index contributed by atoms with van der Waals surface area (Å²) in [6.07, 6.45) is 4.33. The molecule has 0 aliphatic rings. The molecule has 1 aromatic carbocycles. The molecular weight excluding hydrogens is 288 g/mol. The van der Waals surface area contributed by atoms with Crippen LogP contribution >= 0.6 is 0 Å². The number of benzene rings is 1. The van der Waals surface area contributed by atoms with E-state index < -0.39 is 10.0 Å². The van der Waals surface area contributed by atoms with Gasteiger partial charge in [-0.15, -0.1) is 0 Å². The molecule has 1 heterocycles. The van der Waals surface area contributed by atoms with Crippen LogP contribution in [0.4, 0.5) is 5.69 Å². The van der Waals surface area contributed by atoms with E-state index in [2.05, 4.69) is 4.72 Å². The molecule has 2 rings (SSSR count). The molecule has 0 atom stereocenters. The van der Waals surface area contributed by atoms with Gasteiger partial charge in [0, 0.05) is 17.8 Å². The van der Waals surface area contributed by atoms with Crippen molar-refractivity contribution in [2.45, 2.75) is 38.1 Å². The number of nitrogens with two attached hydrogens (primary N) is 1. The van der Waals surface area contributed by atoms with Gasteiger partial charge in [0.15, 0.2) is 0 Å². The van der Waals surface area contributed by atoms with Crippen LogP contribution in [-0.4, -0.2) is 8.42 Å². The van der Waals surface area contributed by atoms with E-state index in [1.54, 1.807) is 12.1 Å². The molecule has 3 N–H and O–H groups in total. The van der Waals surface area contributed by atoms with Gasteiger partial charge in [-0.25, -0.2) is 13.1 Å². The average Bonchev–Trinajstić information content (AvgIpc) is 2.97. The van der Waals surface area contributed by atoms with E-state index in [1.807, 2.05) is 19.9 Å². The van der Waals surface area contributed by atoms with Crippen molar-refractivity contribution >= 4 is 15.7 Å². The highest BCUT2D eigenvalue weighted by Crippen LogP contribution is 2.25. The monoisotopic (exact) mass is 308 g/mol. The minimum atomic E-state index is -3.61. The Labute approximate surface area is 125 Å². The maximum atomic E-state index is 12.5. The number of nitrogen functional groups attached to an aromatic ring is 1. The van der Waals surface area contributed by atoms with Crippen LogP contribution < -0.4 is 10.5 Å². The second-order valence-electron chi connectivity index (χ2n) is 4.82. The Bertz CT molecular complexity index is 707. The van der Waals surface area contributed by atoms with Gasteiger partial charge in [0.2, 0.25) is 10.0 Å². The highest BCUT2D eigenvalue weighted by Gasteiger charge is 2.20. The molecule has 5 nitrogen and oxygen atoms in total. The first-order valence-corrected chi connectivity index (χ1v) is 8.38. The predicted molar refractivity (Wildman–Crippen MR) is 82.3 cm³/mol. The zero-order valence-electron chi connectivity index (χ0n) is 12.2. The molecule has 0 amide bonds. The van der Waals surface area contributed by atoms with E-state index in [0.717, 1.165) is 17.5 Å². The Hall–Kier alpha value is -1.79. The smallest absolute Gasteiger partial charge is 0.241 e. The van der Waals surface area contributed by atoms with Crippen LogP contribution in [0.25, 0.3) is 0 Å². The lowest BCUT2D eigenvalue weighted by Crippen LogP contribution is -2.24. The van der Waals surface area contributed by atoms with Crippen molar-refractivity contribution < 1.29 is 12.8 Å². The molecule has 0 bridgehead atoms. The Morgan fingerprint density at radius 2 is 1.95 bits per heavy atom. The SMILES string of the molecule is CCc1cc(N)c(CC)c(S(=O)(=O)NCc2ccoc2)c1. The van der Waals surface area contributed by atoms with Crippen LogP contribution in [0.15, 0.2) is 40.0 Å². The molecule has 6 heteroatoms. The zero-order chi connectivity index (χ0) is 15.5. The standard InChI is InChI=1S/C15H20N2O3S/c1-3-11-7-14(16)13(4-2)15(8-11)21(18,19)17-9-12-5-6-20-10-12/h5-8,10,17H,3-4,9,16H2,1-2H3. The van der Waals surface area contributed by atoms with Crippen LogP contribution in [0.1, 0.15) is 30.5 Å². The van der Waals surface area contributed by atoms with Crippen molar-refractivity contribution in [3.63, 3.8) is 0 Å². The first kappa shape index (κ1) is 15.6. The van der Waals surface area contributed by atoms with Crippen molar-refractivity contribution in [2.75, 3.05) is 5.73 Å². The zero-order valence-corrected chi connectivity index (χ0v) is 13.0. The van der Waals surface area contributed by atoms with Crippen molar-refractivity contribution in [3.05, 3.63) is 47.4 Å². The van der Waals surface area contributed by atoms with Crippen LogP contribution in [0.5, 0.6) is 0 Å². The topological polar surface area (TPSA) is 85.3 Å². The summed E-state index contributed by atoms with van der Waals surface area (Å²) in [5.41, 5.74) is 8.86. The third-order valence-electron chi connectivity index (χ3n) is 3.40. The number of nitrogens with one attached hydrogen (secondary N) is 1. The lowest BCUT2D eigenvalue weighted by Gasteiger charge is -2.14. The summed E-state index contributed by atoms with van der Waals surface area (Å²) >= 11 is 0. The Balaban J connectivity index is 2.36. The number of hydrogen-bond donors (Lipinski definition) is 2. The lowest BCUT2D eigenvalue weighted by molar-refractivity contribution is 0.561. The summed E-state index contributed by atoms with van der Waals surface area (Å²) in [6.45, 7) is 4.06. The molecular formula is C15H20N2O3S. The number of rotatable bonds is 6. The number of furan rings is 1. The highest BCUT2D eigenvalue weighted by atomic mass is 32.2. The van der Waals surface area contributed by atoms with E-state index in [9.17, 15) is 8.42 Å². The summed E-state index contributed by atoms with van der Waals surface area (Å²) in [5, 5.41) is 0. The molecule has 114 valence electrons. The first-order chi connectivity index (χ1) is 9.97. The van der Waals surface area contributed by atoms with Crippen molar-refractivity contribution in [3.8, 4) is 0 Å². The van der Waals surface area contributed by atoms with E-state index in [4.69, 9.17) is 10.2 Å². The van der Waals surface area contributed by atoms with Crippen LogP contribution in [0.3, 0.4) is 0 Å². The molecule has 21 heavy (non-hydrogen) atoms. The van der Waals surface area contributed by atoms with Crippen LogP contribution in [0, 0.1) is 0 Å². The molecule has 2 aromatic rings. The molecule has 0 unspecified atom stereocenters. The minimum Gasteiger partial charge on any atom is -0.472 e. The third-order valence-corrected chi connectivity index (χ3v) is 4.87. The van der Waals surface area contributed by atoms with Gasteiger partial charge in [-0.1, -0.05) is 13.8 Å². The molecule has 1 aromatic heterocycles. The third kappa shape index (κ3) is 3.46. The summed E-state index contributed by atoms with van der Waals surface area (Å²) in [4.78, 5) is 0.269. The van der Waals surface area contributed by atoms with E-state index in [0.29, 0.717) is 17.7 Å². The second-order valence-corrected chi connectivity index (χ2v) is 6.56. The molecule has 0 spiro atoms. The summed E-state index contributed by atoms with van der Waals surface area (Å²) in [5.74, 6) is 0. The fourth-order valence-corrected chi connectivity index (χ4v) is 3.60. The number of anilines is 1. The van der Waals surface area contributed by atoms with Gasteiger partial charge in [0.05, 0.1) is 17.4 Å². The maximum Gasteiger partial charge on any atom is 0.241 e. The van der Waals surface area contributed by atoms with Gasteiger partial charge in [0.1, 0.15) is 0 Å². The summed E-state index contributed by atoms with van der Waals surface area (Å²) in [6, 6.07) is 5.26. The van der Waals surface area contributed by atoms with Gasteiger partial charge < -0.3 is 10.2 Å². The largest absolute Gasteiger partial charge is 0.472 e. The predicted octanol–water partition coefficient (Wildman–Crippen LogP) is 2.47. The average molecular weight is 308 g/mol. The molecule has 0 aliphatic heterocycles. The van der Waals surface area contributed by atoms with Gasteiger partial charge >= 0.3 is 0 Å². The van der Waals surface area contributed by atoms with E-state index >= 15 is 0 Å². The molecule has 0 aliphatic carbocycles. The summed E-state index contributed by atoms with van der Waals surface area (Å²) < 4.78 is 32.6. The minimum absolute atomic E-state index is 0.193. The maximum absolute atomic E-state index is 12.5. The number of aryl methyl sites for hydroxylation is 1. The number of sulfonamides is 1. The van der Waals surface area contributed by atoms with Crippen LogP contribution in [0.2, 0.25) is 0 Å². The van der Waals surface area contributed by atoms with Crippen molar-refractivity contribution in [2.24, 2.45) is 0 Å². The van der Waals surface area contributed by atoms with Gasteiger partial charge in [-0.2, -0.15) is 0 Å². The lowest BCUT2D eigenvalue weighted by atomic mass is 10.1. The van der Waals surface area contributed by atoms with E-state index in [-0.39, 0.29) is 11.4 Å². The fourth-order valence-electron chi connectivity index (χ4n) is 2.20. The molecule has 0 fully saturated rings. The van der Waals surface area contributed by atoms with E-state index in [1.165, 1.54) is 12.5 Å². The van der Waals surface area contributed by atoms with Gasteiger partial charge in [0.25, 0.3) is 0 Å². The first-order valence-electron chi connectivity index (χ1n) is 6.90. The van der Waals surface area contributed by atoms with Gasteiger partial charge in [-0.05, 0) is 42.2 Å². The molecule has 0 saturated carbocycles. The fraction of sp³-hybridized carbons (Fsp3) is 0.333. The molecule has 0 saturated heterocycles. The molecule has 0 radical (unpaired) electrons. The Kier molecular flexibility index (Phi) is 4.69. The normalized spacial score (nSPS) is 11.7. The quantitative estimate of drug-likeness (QED) is 0.803. The second kappa shape index (κ2) is 6.32. The Morgan fingerprint density at radius 1 is 1.19 bits per heavy atom. The number of hydrogen-bond acceptors (Lipinski definition) is 4. The van der Waals surface area contributed by atoms with Crippen LogP contribution in [-0.2, 0) is 29.4 Å². The van der Waals surface area contributed by atoms with Crippen molar-refractivity contribution in [1.82, 2.24) is 4.72 Å². The van der Waals surface area contributed by atoms with Crippen molar-refractivity contribution in [1.29, 1.82) is 0 Å². The summed E-state index contributed by atoms with van der Waals surface area (Å²) in [7, 11) is -3.61. The van der Waals surface area contributed by atoms with Gasteiger partial charge in [-0.3, -0.25) is 0 Å². The Morgan fingerprint density at radius 3 is 2.52 bits per heavy atom. The highest BCUT2D eigenvalue weighted by molar-refractivity contribution is 7.89.